The standard InChI is InChI=1S/C17H13FN2O2/c1-11-2-4-12(5-3-11)15-10-16(17(21)22)20(19-15)14-8-6-13(18)7-9-14/h2-10H,1H3,(H,21,22). The van der Waals surface area contributed by atoms with Crippen LogP contribution in [0.2, 0.25) is 0 Å². The number of aromatic nitrogens is 2. The van der Waals surface area contributed by atoms with Gasteiger partial charge in [-0.2, -0.15) is 5.10 Å². The predicted molar refractivity (Wildman–Crippen MR) is 80.7 cm³/mol. The summed E-state index contributed by atoms with van der Waals surface area (Å²) in [6, 6.07) is 14.7. The third-order valence-electron chi connectivity index (χ3n) is 3.35. The summed E-state index contributed by atoms with van der Waals surface area (Å²) >= 11 is 0. The zero-order valence-corrected chi connectivity index (χ0v) is 11.8. The molecule has 0 amide bonds. The lowest BCUT2D eigenvalue weighted by Crippen LogP contribution is -2.07. The van der Waals surface area contributed by atoms with Crippen LogP contribution in [0.4, 0.5) is 4.39 Å². The molecule has 2 aromatic carbocycles. The summed E-state index contributed by atoms with van der Waals surface area (Å²) in [5.41, 5.74) is 3.02. The highest BCUT2D eigenvalue weighted by molar-refractivity contribution is 5.88. The molecule has 110 valence electrons. The Hall–Kier alpha value is -2.95. The first-order chi connectivity index (χ1) is 10.5. The van der Waals surface area contributed by atoms with Gasteiger partial charge in [0.15, 0.2) is 5.69 Å². The van der Waals surface area contributed by atoms with Crippen molar-refractivity contribution in [2.45, 2.75) is 6.92 Å². The number of aryl methyl sites for hydroxylation is 1. The van der Waals surface area contributed by atoms with Crippen LogP contribution in [0.1, 0.15) is 16.1 Å². The quantitative estimate of drug-likeness (QED) is 0.802. The van der Waals surface area contributed by atoms with Gasteiger partial charge in [-0.3, -0.25) is 0 Å². The Morgan fingerprint density at radius 3 is 2.32 bits per heavy atom. The maximum absolute atomic E-state index is 13.0. The van der Waals surface area contributed by atoms with Crippen LogP contribution in [0, 0.1) is 12.7 Å². The second-order valence-electron chi connectivity index (χ2n) is 4.97. The normalized spacial score (nSPS) is 10.6. The highest BCUT2D eigenvalue weighted by atomic mass is 19.1. The van der Waals surface area contributed by atoms with Crippen molar-refractivity contribution in [2.75, 3.05) is 0 Å². The molecule has 5 heteroatoms. The number of hydrogen-bond donors (Lipinski definition) is 1. The van der Waals surface area contributed by atoms with Crippen LogP contribution in [-0.2, 0) is 0 Å². The molecule has 0 aliphatic rings. The summed E-state index contributed by atoms with van der Waals surface area (Å²) in [6.45, 7) is 1.98. The topological polar surface area (TPSA) is 55.1 Å². The van der Waals surface area contributed by atoms with Crippen LogP contribution >= 0.6 is 0 Å². The minimum absolute atomic E-state index is 0.0298. The molecule has 0 radical (unpaired) electrons. The van der Waals surface area contributed by atoms with Crippen molar-refractivity contribution >= 4 is 5.97 Å². The van der Waals surface area contributed by atoms with E-state index < -0.39 is 5.97 Å². The van der Waals surface area contributed by atoms with E-state index in [2.05, 4.69) is 5.10 Å². The molecule has 3 aromatic rings. The summed E-state index contributed by atoms with van der Waals surface area (Å²) in [7, 11) is 0. The van der Waals surface area contributed by atoms with Gasteiger partial charge >= 0.3 is 5.97 Å². The van der Waals surface area contributed by atoms with E-state index in [4.69, 9.17) is 0 Å². The molecule has 0 aliphatic carbocycles. The van der Waals surface area contributed by atoms with Gasteiger partial charge in [0.2, 0.25) is 0 Å². The molecule has 1 N–H and O–H groups in total. The van der Waals surface area contributed by atoms with Crippen molar-refractivity contribution in [3.63, 3.8) is 0 Å². The molecule has 0 fully saturated rings. The van der Waals surface area contributed by atoms with Crippen molar-refractivity contribution in [2.24, 2.45) is 0 Å². The van der Waals surface area contributed by atoms with E-state index in [0.29, 0.717) is 11.4 Å². The molecule has 0 unspecified atom stereocenters. The fourth-order valence-corrected chi connectivity index (χ4v) is 2.18. The average molecular weight is 296 g/mol. The van der Waals surface area contributed by atoms with Crippen molar-refractivity contribution in [3.8, 4) is 16.9 Å². The molecular formula is C17H13FN2O2. The van der Waals surface area contributed by atoms with Gasteiger partial charge in [-0.25, -0.2) is 13.9 Å². The van der Waals surface area contributed by atoms with Crippen molar-refractivity contribution in [3.05, 3.63) is 71.7 Å². The zero-order chi connectivity index (χ0) is 15.7. The summed E-state index contributed by atoms with van der Waals surface area (Å²) in [6.07, 6.45) is 0. The number of rotatable bonds is 3. The third kappa shape index (κ3) is 2.61. The van der Waals surface area contributed by atoms with Gasteiger partial charge in [-0.05, 0) is 37.3 Å². The average Bonchev–Trinajstić information content (AvgIpc) is 2.94. The number of carbonyl (C=O) groups is 1. The van der Waals surface area contributed by atoms with E-state index in [0.717, 1.165) is 11.1 Å². The Balaban J connectivity index is 2.11. The van der Waals surface area contributed by atoms with Gasteiger partial charge < -0.3 is 5.11 Å². The van der Waals surface area contributed by atoms with Gasteiger partial charge in [-0.1, -0.05) is 29.8 Å². The minimum Gasteiger partial charge on any atom is -0.477 e. The number of halogens is 1. The Morgan fingerprint density at radius 1 is 1.09 bits per heavy atom. The number of carboxylic acids is 1. The molecule has 0 atom stereocenters. The lowest BCUT2D eigenvalue weighted by Gasteiger charge is -2.04. The third-order valence-corrected chi connectivity index (χ3v) is 3.35. The largest absolute Gasteiger partial charge is 0.477 e. The number of benzene rings is 2. The number of nitrogens with zero attached hydrogens (tertiary/aromatic N) is 2. The summed E-state index contributed by atoms with van der Waals surface area (Å²) < 4.78 is 14.3. The van der Waals surface area contributed by atoms with Gasteiger partial charge in [0.25, 0.3) is 0 Å². The Bertz CT molecular complexity index is 821. The molecule has 22 heavy (non-hydrogen) atoms. The Kier molecular flexibility index (Phi) is 3.47. The molecule has 3 rings (SSSR count). The van der Waals surface area contributed by atoms with Crippen LogP contribution in [-0.4, -0.2) is 20.9 Å². The van der Waals surface area contributed by atoms with Gasteiger partial charge in [0.1, 0.15) is 5.82 Å². The van der Waals surface area contributed by atoms with Crippen LogP contribution < -0.4 is 0 Å². The first kappa shape index (κ1) is 14.0. The summed E-state index contributed by atoms with van der Waals surface area (Å²) in [5, 5.41) is 13.7. The molecular weight excluding hydrogens is 283 g/mol. The molecule has 0 saturated carbocycles. The maximum atomic E-state index is 13.0. The Morgan fingerprint density at radius 2 is 1.73 bits per heavy atom. The predicted octanol–water partition coefficient (Wildman–Crippen LogP) is 3.69. The monoisotopic (exact) mass is 296 g/mol. The summed E-state index contributed by atoms with van der Waals surface area (Å²) in [4.78, 5) is 11.4. The van der Waals surface area contributed by atoms with Crippen molar-refractivity contribution < 1.29 is 14.3 Å². The highest BCUT2D eigenvalue weighted by Gasteiger charge is 2.16. The second kappa shape index (κ2) is 5.44. The van der Waals surface area contributed by atoms with Crippen LogP contribution in [0.5, 0.6) is 0 Å². The van der Waals surface area contributed by atoms with Crippen molar-refractivity contribution in [1.82, 2.24) is 9.78 Å². The number of aromatic carboxylic acids is 1. The maximum Gasteiger partial charge on any atom is 0.354 e. The lowest BCUT2D eigenvalue weighted by molar-refractivity contribution is 0.0687. The molecule has 0 saturated heterocycles. The number of hydrogen-bond acceptors (Lipinski definition) is 2. The van der Waals surface area contributed by atoms with E-state index in [1.54, 1.807) is 0 Å². The summed E-state index contributed by atoms with van der Waals surface area (Å²) in [5.74, 6) is -1.47. The highest BCUT2D eigenvalue weighted by Crippen LogP contribution is 2.22. The van der Waals surface area contributed by atoms with E-state index in [9.17, 15) is 14.3 Å². The molecule has 0 spiro atoms. The van der Waals surface area contributed by atoms with Gasteiger partial charge in [0.05, 0.1) is 11.4 Å². The van der Waals surface area contributed by atoms with E-state index in [1.165, 1.54) is 35.0 Å². The fourth-order valence-electron chi connectivity index (χ4n) is 2.18. The zero-order valence-electron chi connectivity index (χ0n) is 11.8. The molecule has 1 heterocycles. The second-order valence-corrected chi connectivity index (χ2v) is 4.97. The smallest absolute Gasteiger partial charge is 0.354 e. The van der Waals surface area contributed by atoms with E-state index in [-0.39, 0.29) is 11.5 Å². The van der Waals surface area contributed by atoms with Gasteiger partial charge in [0, 0.05) is 5.56 Å². The van der Waals surface area contributed by atoms with Crippen LogP contribution in [0.3, 0.4) is 0 Å². The fraction of sp³-hybridized carbons (Fsp3) is 0.0588. The SMILES string of the molecule is Cc1ccc(-c2cc(C(=O)O)n(-c3ccc(F)cc3)n2)cc1. The number of carboxylic acid groups (broad SMARTS) is 1. The lowest BCUT2D eigenvalue weighted by atomic mass is 10.1. The van der Waals surface area contributed by atoms with Crippen molar-refractivity contribution in [1.29, 1.82) is 0 Å². The van der Waals surface area contributed by atoms with Crippen LogP contribution in [0.25, 0.3) is 16.9 Å². The van der Waals surface area contributed by atoms with Gasteiger partial charge in [-0.15, -0.1) is 0 Å². The molecule has 4 nitrogen and oxygen atoms in total. The first-order valence-corrected chi connectivity index (χ1v) is 6.71. The van der Waals surface area contributed by atoms with E-state index >= 15 is 0 Å². The molecule has 1 aromatic heterocycles. The van der Waals surface area contributed by atoms with Crippen LogP contribution in [0.15, 0.2) is 54.6 Å². The molecule has 0 aliphatic heterocycles. The minimum atomic E-state index is -1.09. The molecule has 0 bridgehead atoms. The Labute approximate surface area is 126 Å². The van der Waals surface area contributed by atoms with E-state index in [1.807, 2.05) is 31.2 Å². The first-order valence-electron chi connectivity index (χ1n) is 6.71.